The fourth-order valence-electron chi connectivity index (χ4n) is 2.31. The van der Waals surface area contributed by atoms with Crippen LogP contribution in [0.2, 0.25) is 0 Å². The molecule has 1 aromatic carbocycles. The van der Waals surface area contributed by atoms with E-state index >= 15 is 0 Å². The van der Waals surface area contributed by atoms with Gasteiger partial charge in [0.05, 0.1) is 17.6 Å². The number of hydrogen-bond donors (Lipinski definition) is 1. The van der Waals surface area contributed by atoms with Crippen LogP contribution in [0.5, 0.6) is 0 Å². The van der Waals surface area contributed by atoms with Crippen LogP contribution in [0.4, 0.5) is 0 Å². The molecule has 1 fully saturated rings. The lowest BCUT2D eigenvalue weighted by Crippen LogP contribution is -2.12. The van der Waals surface area contributed by atoms with E-state index in [4.69, 9.17) is 0 Å². The maximum Gasteiger partial charge on any atom is 0.251 e. The lowest BCUT2D eigenvalue weighted by Gasteiger charge is -2.02. The summed E-state index contributed by atoms with van der Waals surface area (Å²) in [5.74, 6) is 0.589. The van der Waals surface area contributed by atoms with Crippen molar-refractivity contribution in [2.75, 3.05) is 0 Å². The number of fused-ring (bicyclic) bond motifs is 1. The van der Waals surface area contributed by atoms with Gasteiger partial charge in [-0.25, -0.2) is 4.68 Å². The largest absolute Gasteiger partial charge is 0.348 e. The Hall–Kier alpha value is -2.17. The number of benzene rings is 1. The monoisotopic (exact) mass is 240 g/mol. The molecule has 1 saturated carbocycles. The zero-order valence-corrected chi connectivity index (χ0v) is 9.76. The second-order valence-corrected chi connectivity index (χ2v) is 4.89. The Kier molecular flexibility index (Phi) is 1.86. The second-order valence-electron chi connectivity index (χ2n) is 4.89. The van der Waals surface area contributed by atoms with Gasteiger partial charge in [0.1, 0.15) is 0 Å². The van der Waals surface area contributed by atoms with Crippen LogP contribution in [0.1, 0.15) is 40.4 Å². The molecule has 2 aliphatic rings. The predicted molar refractivity (Wildman–Crippen MR) is 64.5 cm³/mol. The van der Waals surface area contributed by atoms with E-state index < -0.39 is 0 Å². The maximum absolute atomic E-state index is 11.6. The van der Waals surface area contributed by atoms with Gasteiger partial charge >= 0.3 is 0 Å². The standard InChI is InChI=1S/C13H12N4O/c18-13-11-5-10(4-3-9(11)6-14-13)17-7-12(15-16-17)8-1-2-8/h3-5,7-8H,1-2,6H2,(H,14,18). The zero-order valence-electron chi connectivity index (χ0n) is 9.76. The van der Waals surface area contributed by atoms with Gasteiger partial charge < -0.3 is 5.32 Å². The molecule has 5 nitrogen and oxygen atoms in total. The number of nitrogens with one attached hydrogen (secondary N) is 1. The molecule has 0 saturated heterocycles. The molecule has 0 spiro atoms. The average Bonchev–Trinajstić information content (AvgIpc) is 3.01. The van der Waals surface area contributed by atoms with Crippen LogP contribution in [0.25, 0.3) is 5.69 Å². The molecule has 0 atom stereocenters. The highest BCUT2D eigenvalue weighted by Gasteiger charge is 2.27. The Balaban J connectivity index is 1.75. The number of carbonyl (C=O) groups excluding carboxylic acids is 1. The predicted octanol–water partition coefficient (Wildman–Crippen LogP) is 1.39. The minimum atomic E-state index is -0.00520. The molecular weight excluding hydrogens is 228 g/mol. The summed E-state index contributed by atoms with van der Waals surface area (Å²) in [6.45, 7) is 0.624. The number of rotatable bonds is 2. The van der Waals surface area contributed by atoms with Crippen molar-refractivity contribution in [1.82, 2.24) is 20.3 Å². The Bertz CT molecular complexity index is 642. The number of nitrogens with zero attached hydrogens (tertiary/aromatic N) is 3. The molecule has 1 N–H and O–H groups in total. The summed E-state index contributed by atoms with van der Waals surface area (Å²) in [6.07, 6.45) is 4.39. The van der Waals surface area contributed by atoms with Gasteiger partial charge in [0.15, 0.2) is 0 Å². The lowest BCUT2D eigenvalue weighted by molar-refractivity contribution is 0.0965. The minimum Gasteiger partial charge on any atom is -0.348 e. The molecule has 4 rings (SSSR count). The second kappa shape index (κ2) is 3.41. The van der Waals surface area contributed by atoms with Crippen molar-refractivity contribution in [3.63, 3.8) is 0 Å². The molecule has 2 heterocycles. The summed E-state index contributed by atoms with van der Waals surface area (Å²) < 4.78 is 1.75. The zero-order chi connectivity index (χ0) is 12.1. The molecule has 0 bridgehead atoms. The van der Waals surface area contributed by atoms with E-state index in [1.165, 1.54) is 12.8 Å². The highest BCUT2D eigenvalue weighted by atomic mass is 16.1. The molecule has 0 radical (unpaired) electrons. The van der Waals surface area contributed by atoms with Crippen LogP contribution in [-0.4, -0.2) is 20.9 Å². The van der Waals surface area contributed by atoms with E-state index in [0.717, 1.165) is 22.5 Å². The molecule has 90 valence electrons. The normalized spacial score (nSPS) is 17.7. The van der Waals surface area contributed by atoms with E-state index in [0.29, 0.717) is 12.5 Å². The van der Waals surface area contributed by atoms with E-state index in [9.17, 15) is 4.79 Å². The van der Waals surface area contributed by atoms with Gasteiger partial charge in [-0.2, -0.15) is 0 Å². The summed E-state index contributed by atoms with van der Waals surface area (Å²) in [4.78, 5) is 11.6. The third kappa shape index (κ3) is 1.44. The molecule has 0 unspecified atom stereocenters. The van der Waals surface area contributed by atoms with Gasteiger partial charge in [0, 0.05) is 18.0 Å². The smallest absolute Gasteiger partial charge is 0.251 e. The molecule has 1 aliphatic carbocycles. The van der Waals surface area contributed by atoms with Gasteiger partial charge in [-0.05, 0) is 30.5 Å². The van der Waals surface area contributed by atoms with Gasteiger partial charge in [-0.1, -0.05) is 11.3 Å². The Morgan fingerprint density at radius 3 is 3.06 bits per heavy atom. The Morgan fingerprint density at radius 1 is 1.33 bits per heavy atom. The van der Waals surface area contributed by atoms with Crippen LogP contribution in [-0.2, 0) is 6.54 Å². The van der Waals surface area contributed by atoms with E-state index in [1.54, 1.807) is 4.68 Å². The minimum absolute atomic E-state index is 0.00520. The number of aromatic nitrogens is 3. The molecule has 18 heavy (non-hydrogen) atoms. The number of hydrogen-bond acceptors (Lipinski definition) is 3. The summed E-state index contributed by atoms with van der Waals surface area (Å²) in [7, 11) is 0. The van der Waals surface area contributed by atoms with Crippen molar-refractivity contribution in [3.8, 4) is 5.69 Å². The van der Waals surface area contributed by atoms with Crippen LogP contribution in [0.15, 0.2) is 24.4 Å². The summed E-state index contributed by atoms with van der Waals surface area (Å²) in [6, 6.07) is 5.83. The van der Waals surface area contributed by atoms with Gasteiger partial charge in [-0.15, -0.1) is 5.10 Å². The fraction of sp³-hybridized carbons (Fsp3) is 0.308. The molecular formula is C13H12N4O. The van der Waals surface area contributed by atoms with Crippen LogP contribution in [0, 0.1) is 0 Å². The summed E-state index contributed by atoms with van der Waals surface area (Å²) >= 11 is 0. The Labute approximate surface area is 104 Å². The van der Waals surface area contributed by atoms with E-state index in [-0.39, 0.29) is 5.91 Å². The first-order valence-corrected chi connectivity index (χ1v) is 6.15. The highest BCUT2D eigenvalue weighted by molar-refractivity contribution is 5.98. The van der Waals surface area contributed by atoms with Crippen molar-refractivity contribution >= 4 is 5.91 Å². The van der Waals surface area contributed by atoms with Crippen LogP contribution in [0.3, 0.4) is 0 Å². The van der Waals surface area contributed by atoms with Gasteiger partial charge in [-0.3, -0.25) is 4.79 Å². The lowest BCUT2D eigenvalue weighted by atomic mass is 10.1. The number of carbonyl (C=O) groups is 1. The quantitative estimate of drug-likeness (QED) is 0.862. The van der Waals surface area contributed by atoms with Crippen molar-refractivity contribution < 1.29 is 4.79 Å². The maximum atomic E-state index is 11.6. The first-order valence-electron chi connectivity index (χ1n) is 6.15. The first kappa shape index (κ1) is 9.82. The molecule has 1 amide bonds. The molecule has 1 aliphatic heterocycles. The van der Waals surface area contributed by atoms with E-state index in [1.807, 2.05) is 24.4 Å². The molecule has 2 aromatic rings. The fourth-order valence-corrected chi connectivity index (χ4v) is 2.31. The number of amides is 1. The first-order chi connectivity index (χ1) is 8.81. The third-order valence-electron chi connectivity index (χ3n) is 3.55. The van der Waals surface area contributed by atoms with E-state index in [2.05, 4.69) is 15.6 Å². The SMILES string of the molecule is O=C1NCc2ccc(-n3cc(C4CC4)nn3)cc21. The molecule has 5 heteroatoms. The van der Waals surface area contributed by atoms with Gasteiger partial charge in [0.2, 0.25) is 0 Å². The van der Waals surface area contributed by atoms with Crippen LogP contribution < -0.4 is 5.32 Å². The highest BCUT2D eigenvalue weighted by Crippen LogP contribution is 2.38. The van der Waals surface area contributed by atoms with Crippen molar-refractivity contribution in [3.05, 3.63) is 41.2 Å². The van der Waals surface area contributed by atoms with Crippen molar-refractivity contribution in [2.45, 2.75) is 25.3 Å². The van der Waals surface area contributed by atoms with Gasteiger partial charge in [0.25, 0.3) is 5.91 Å². The Morgan fingerprint density at radius 2 is 2.22 bits per heavy atom. The summed E-state index contributed by atoms with van der Waals surface area (Å²) in [5, 5.41) is 11.1. The van der Waals surface area contributed by atoms with Crippen molar-refractivity contribution in [1.29, 1.82) is 0 Å². The summed E-state index contributed by atoms with van der Waals surface area (Å²) in [5.41, 5.74) is 3.74. The third-order valence-corrected chi connectivity index (χ3v) is 3.55. The molecule has 1 aromatic heterocycles. The average molecular weight is 240 g/mol. The topological polar surface area (TPSA) is 59.8 Å². The van der Waals surface area contributed by atoms with Crippen molar-refractivity contribution in [2.24, 2.45) is 0 Å². The van der Waals surface area contributed by atoms with Crippen LogP contribution >= 0.6 is 0 Å².